The first kappa shape index (κ1) is 9.04. The predicted molar refractivity (Wildman–Crippen MR) is 44.3 cm³/mol. The number of nitrogens with zero attached hydrogens (tertiary/aromatic N) is 1. The summed E-state index contributed by atoms with van der Waals surface area (Å²) in [4.78, 5) is 12.7. The van der Waals surface area contributed by atoms with Gasteiger partial charge in [-0.15, -0.1) is 6.42 Å². The van der Waals surface area contributed by atoms with Crippen LogP contribution in [0.15, 0.2) is 0 Å². The van der Waals surface area contributed by atoms with Crippen molar-refractivity contribution in [1.82, 2.24) is 10.2 Å². The normalized spacial score (nSPS) is 23.8. The molecule has 1 rings (SSSR count). The highest BCUT2D eigenvalue weighted by Crippen LogP contribution is 2.02. The Morgan fingerprint density at radius 1 is 1.83 bits per heavy atom. The molecule has 1 fully saturated rings. The van der Waals surface area contributed by atoms with Gasteiger partial charge in [0.15, 0.2) is 0 Å². The third-order valence-electron chi connectivity index (χ3n) is 1.89. The van der Waals surface area contributed by atoms with E-state index < -0.39 is 0 Å². The van der Waals surface area contributed by atoms with Crippen LogP contribution in [0.2, 0.25) is 0 Å². The number of amides is 1. The van der Waals surface area contributed by atoms with E-state index in [9.17, 15) is 4.79 Å². The van der Waals surface area contributed by atoms with Crippen LogP contribution in [0.4, 0.5) is 0 Å². The summed E-state index contributed by atoms with van der Waals surface area (Å²) >= 11 is 0. The average Bonchev–Trinajstić information content (AvgIpc) is 2.09. The molecule has 1 atom stereocenters. The van der Waals surface area contributed by atoms with Crippen molar-refractivity contribution in [3.8, 4) is 12.3 Å². The molecule has 1 aliphatic rings. The van der Waals surface area contributed by atoms with Crippen LogP contribution in [0.3, 0.4) is 0 Å². The molecule has 0 radical (unpaired) electrons. The Labute approximate surface area is 71.6 Å². The first-order valence-corrected chi connectivity index (χ1v) is 3.84. The highest BCUT2D eigenvalue weighted by molar-refractivity contribution is 5.79. The second-order valence-electron chi connectivity index (χ2n) is 2.69. The molecule has 0 aromatic heterocycles. The highest BCUT2D eigenvalue weighted by atomic mass is 16.3. The van der Waals surface area contributed by atoms with Crippen molar-refractivity contribution in [1.29, 1.82) is 0 Å². The van der Waals surface area contributed by atoms with Gasteiger partial charge in [-0.3, -0.25) is 4.79 Å². The van der Waals surface area contributed by atoms with Crippen LogP contribution in [0.5, 0.6) is 0 Å². The van der Waals surface area contributed by atoms with Gasteiger partial charge in [-0.2, -0.15) is 0 Å². The van der Waals surface area contributed by atoms with E-state index in [2.05, 4.69) is 11.2 Å². The van der Waals surface area contributed by atoms with Gasteiger partial charge in [-0.1, -0.05) is 5.92 Å². The van der Waals surface area contributed by atoms with E-state index in [1.54, 1.807) is 0 Å². The third kappa shape index (κ3) is 1.76. The Bertz CT molecular complexity index is 210. The maximum absolute atomic E-state index is 11.2. The fourth-order valence-electron chi connectivity index (χ4n) is 1.24. The molecule has 0 saturated carbocycles. The summed E-state index contributed by atoms with van der Waals surface area (Å²) < 4.78 is 0. The fourth-order valence-corrected chi connectivity index (χ4v) is 1.24. The quantitative estimate of drug-likeness (QED) is 0.489. The molecular weight excluding hydrogens is 156 g/mol. The van der Waals surface area contributed by atoms with Gasteiger partial charge in [0.05, 0.1) is 25.7 Å². The Morgan fingerprint density at radius 2 is 2.58 bits per heavy atom. The molecule has 0 aromatic rings. The van der Waals surface area contributed by atoms with Crippen molar-refractivity contribution in [3.05, 3.63) is 0 Å². The zero-order chi connectivity index (χ0) is 8.97. The van der Waals surface area contributed by atoms with Crippen LogP contribution in [-0.4, -0.2) is 48.2 Å². The first-order chi connectivity index (χ1) is 5.79. The minimum absolute atomic E-state index is 0.0413. The highest BCUT2D eigenvalue weighted by Gasteiger charge is 2.25. The van der Waals surface area contributed by atoms with Crippen molar-refractivity contribution in [2.24, 2.45) is 0 Å². The molecular formula is C8H12N2O2. The summed E-state index contributed by atoms with van der Waals surface area (Å²) in [6, 6.07) is -0.165. The summed E-state index contributed by atoms with van der Waals surface area (Å²) in [5.74, 6) is 2.36. The molecule has 12 heavy (non-hydrogen) atoms. The lowest BCUT2D eigenvalue weighted by molar-refractivity contribution is -0.135. The molecule has 2 N–H and O–H groups in total. The Morgan fingerprint density at radius 3 is 3.17 bits per heavy atom. The molecule has 0 bridgehead atoms. The van der Waals surface area contributed by atoms with Gasteiger partial charge in [-0.05, 0) is 0 Å². The van der Waals surface area contributed by atoms with Crippen LogP contribution in [0.25, 0.3) is 0 Å². The van der Waals surface area contributed by atoms with Gasteiger partial charge < -0.3 is 15.3 Å². The van der Waals surface area contributed by atoms with Gasteiger partial charge in [-0.25, -0.2) is 0 Å². The van der Waals surface area contributed by atoms with E-state index >= 15 is 0 Å². The van der Waals surface area contributed by atoms with Crippen molar-refractivity contribution < 1.29 is 9.90 Å². The number of carbonyl (C=O) groups is 1. The second kappa shape index (κ2) is 4.10. The minimum atomic E-state index is -0.165. The van der Waals surface area contributed by atoms with E-state index in [0.29, 0.717) is 13.1 Å². The second-order valence-corrected chi connectivity index (χ2v) is 2.69. The van der Waals surface area contributed by atoms with Crippen LogP contribution in [0, 0.1) is 12.3 Å². The largest absolute Gasteiger partial charge is 0.394 e. The number of aliphatic hydroxyl groups excluding tert-OH is 1. The molecule has 4 heteroatoms. The predicted octanol–water partition coefficient (Wildman–Crippen LogP) is -1.59. The molecule has 4 nitrogen and oxygen atoms in total. The zero-order valence-electron chi connectivity index (χ0n) is 6.79. The fraction of sp³-hybridized carbons (Fsp3) is 0.625. The smallest absolute Gasteiger partial charge is 0.237 e. The number of hydrogen-bond donors (Lipinski definition) is 2. The Hall–Kier alpha value is -1.05. The summed E-state index contributed by atoms with van der Waals surface area (Å²) in [5.41, 5.74) is 0. The number of rotatable bonds is 2. The van der Waals surface area contributed by atoms with Crippen molar-refractivity contribution in [2.75, 3.05) is 26.2 Å². The Kier molecular flexibility index (Phi) is 3.09. The zero-order valence-corrected chi connectivity index (χ0v) is 6.79. The summed E-state index contributed by atoms with van der Waals surface area (Å²) in [7, 11) is 0. The maximum Gasteiger partial charge on any atom is 0.237 e. The number of carbonyl (C=O) groups excluding carboxylic acids is 1. The lowest BCUT2D eigenvalue weighted by Gasteiger charge is -2.33. The average molecular weight is 168 g/mol. The molecule has 0 unspecified atom stereocenters. The minimum Gasteiger partial charge on any atom is -0.394 e. The molecule has 0 aliphatic carbocycles. The van der Waals surface area contributed by atoms with E-state index in [0.717, 1.165) is 0 Å². The lowest BCUT2D eigenvalue weighted by atomic mass is 10.2. The number of piperazine rings is 1. The maximum atomic E-state index is 11.2. The van der Waals surface area contributed by atoms with Crippen molar-refractivity contribution in [3.63, 3.8) is 0 Å². The van der Waals surface area contributed by atoms with Crippen molar-refractivity contribution >= 4 is 5.91 Å². The monoisotopic (exact) mass is 168 g/mol. The Balaban J connectivity index is 2.60. The molecule has 1 saturated heterocycles. The van der Waals surface area contributed by atoms with Crippen LogP contribution in [-0.2, 0) is 4.79 Å². The van der Waals surface area contributed by atoms with E-state index in [1.165, 1.54) is 4.90 Å². The van der Waals surface area contributed by atoms with Gasteiger partial charge in [0.2, 0.25) is 5.91 Å². The van der Waals surface area contributed by atoms with E-state index in [-0.39, 0.29) is 25.1 Å². The van der Waals surface area contributed by atoms with Crippen LogP contribution < -0.4 is 5.32 Å². The topological polar surface area (TPSA) is 52.6 Å². The third-order valence-corrected chi connectivity index (χ3v) is 1.89. The number of aliphatic hydroxyl groups is 1. The van der Waals surface area contributed by atoms with Gasteiger partial charge in [0.25, 0.3) is 0 Å². The molecule has 0 spiro atoms. The molecule has 1 heterocycles. The van der Waals surface area contributed by atoms with E-state index in [1.807, 2.05) is 0 Å². The lowest BCUT2D eigenvalue weighted by Crippen LogP contribution is -2.56. The van der Waals surface area contributed by atoms with Crippen molar-refractivity contribution in [2.45, 2.75) is 6.04 Å². The molecule has 0 aromatic carbocycles. The molecule has 1 amide bonds. The number of terminal acetylenes is 1. The van der Waals surface area contributed by atoms with Gasteiger partial charge in [0, 0.05) is 6.54 Å². The standard InChI is InChI=1S/C8H12N2O2/c1-2-3-10-7(6-11)4-9-5-8(10)12/h1,7,9,11H,3-6H2/t7-/m1/s1. The summed E-state index contributed by atoms with van der Waals surface area (Å²) in [6.45, 7) is 1.17. The number of hydrogen-bond acceptors (Lipinski definition) is 3. The van der Waals surface area contributed by atoms with Gasteiger partial charge in [0.1, 0.15) is 0 Å². The van der Waals surface area contributed by atoms with Gasteiger partial charge >= 0.3 is 0 Å². The van der Waals surface area contributed by atoms with Crippen LogP contribution in [0.1, 0.15) is 0 Å². The first-order valence-electron chi connectivity index (χ1n) is 3.84. The SMILES string of the molecule is C#CCN1C(=O)CNC[C@@H]1CO. The molecule has 1 aliphatic heterocycles. The number of nitrogens with one attached hydrogen (secondary N) is 1. The van der Waals surface area contributed by atoms with Crippen LogP contribution >= 0.6 is 0 Å². The molecule has 66 valence electrons. The summed E-state index contributed by atoms with van der Waals surface area (Å²) in [6.07, 6.45) is 5.09. The summed E-state index contributed by atoms with van der Waals surface area (Å²) in [5, 5.41) is 11.8. The van der Waals surface area contributed by atoms with E-state index in [4.69, 9.17) is 11.5 Å².